The molecule has 226 valence electrons. The Balaban J connectivity index is 1.50. The summed E-state index contributed by atoms with van der Waals surface area (Å²) in [6, 6.07) is 15.4. The van der Waals surface area contributed by atoms with Gasteiger partial charge in [-0.2, -0.15) is 0 Å². The lowest BCUT2D eigenvalue weighted by Crippen LogP contribution is -2.02. The number of hydrogen-bond donors (Lipinski definition) is 2. The van der Waals surface area contributed by atoms with Gasteiger partial charge in [-0.1, -0.05) is 26.7 Å². The molecule has 0 saturated heterocycles. The fourth-order valence-electron chi connectivity index (χ4n) is 5.00. The third-order valence-electron chi connectivity index (χ3n) is 7.56. The van der Waals surface area contributed by atoms with Gasteiger partial charge in [-0.05, 0) is 75.2 Å². The van der Waals surface area contributed by atoms with Crippen molar-refractivity contribution in [2.75, 3.05) is 13.2 Å². The highest BCUT2D eigenvalue weighted by Gasteiger charge is 2.23. The molecule has 6 rings (SSSR count). The van der Waals surface area contributed by atoms with Crippen molar-refractivity contribution in [3.8, 4) is 57.2 Å². The smallest absolute Gasteiger partial charge is 0.219 e. The van der Waals surface area contributed by atoms with Crippen LogP contribution in [0.25, 0.3) is 45.2 Å². The molecule has 2 N–H and O–H groups in total. The number of unbranched alkanes of at least 4 members (excludes halogenated alkanes) is 2. The van der Waals surface area contributed by atoms with Crippen molar-refractivity contribution >= 4 is 11.3 Å². The molecule has 44 heavy (non-hydrogen) atoms. The Kier molecular flexibility index (Phi) is 8.06. The number of ether oxygens (including phenoxy) is 2. The van der Waals surface area contributed by atoms with Gasteiger partial charge in [-0.3, -0.25) is 8.80 Å². The average molecular weight is 593 g/mol. The number of nitrogens with zero attached hydrogens (tertiary/aromatic N) is 6. The fourth-order valence-corrected chi connectivity index (χ4v) is 5.00. The van der Waals surface area contributed by atoms with Gasteiger partial charge in [0.05, 0.1) is 24.6 Å². The normalized spacial score (nSPS) is 11.5. The summed E-state index contributed by atoms with van der Waals surface area (Å²) < 4.78 is 14.9. The van der Waals surface area contributed by atoms with Crippen LogP contribution in [-0.2, 0) is 0 Å². The largest absolute Gasteiger partial charge is 0.494 e. The first kappa shape index (κ1) is 29.0. The van der Waals surface area contributed by atoms with Crippen LogP contribution in [0.2, 0.25) is 0 Å². The second-order valence-electron chi connectivity index (χ2n) is 10.8. The summed E-state index contributed by atoms with van der Waals surface area (Å²) in [6.45, 7) is 9.06. The molecule has 0 amide bonds. The number of aromatic hydroxyl groups is 2. The van der Waals surface area contributed by atoms with E-state index in [1.54, 1.807) is 35.0 Å². The second kappa shape index (κ2) is 12.2. The van der Waals surface area contributed by atoms with Crippen LogP contribution < -0.4 is 9.47 Å². The Morgan fingerprint density at radius 1 is 0.591 bits per heavy atom. The van der Waals surface area contributed by atoms with E-state index < -0.39 is 0 Å². The Hall–Kier alpha value is -5.12. The van der Waals surface area contributed by atoms with Gasteiger partial charge in [0.1, 0.15) is 34.3 Å². The molecule has 0 aliphatic carbocycles. The van der Waals surface area contributed by atoms with Crippen LogP contribution in [-0.4, -0.2) is 52.2 Å². The number of fused-ring (bicyclic) bond motifs is 2. The SMILES string of the molecule is CCCCOc1ccc(-c2cn3c(O)c(C)nc3c(-c3nc(-c4ccc(OCCCC)cc4)cn4c(O)c(C)nc34)n2)cc1. The summed E-state index contributed by atoms with van der Waals surface area (Å²) in [5.74, 6) is 1.59. The molecular weight excluding hydrogens is 556 g/mol. The molecule has 0 bridgehead atoms. The summed E-state index contributed by atoms with van der Waals surface area (Å²) in [7, 11) is 0. The number of hydrogen-bond acceptors (Lipinski definition) is 8. The molecular formula is C34H36N6O4. The Labute approximate surface area is 255 Å². The van der Waals surface area contributed by atoms with Gasteiger partial charge in [0.2, 0.25) is 11.8 Å². The van der Waals surface area contributed by atoms with Gasteiger partial charge in [-0.15, -0.1) is 0 Å². The molecule has 2 aromatic carbocycles. The fraction of sp³-hybridized carbons (Fsp3) is 0.294. The molecule has 0 unspecified atom stereocenters. The maximum absolute atomic E-state index is 11.0. The molecule has 0 atom stereocenters. The summed E-state index contributed by atoms with van der Waals surface area (Å²) in [6.07, 6.45) is 7.62. The van der Waals surface area contributed by atoms with Crippen LogP contribution in [0.15, 0.2) is 60.9 Å². The van der Waals surface area contributed by atoms with Crippen molar-refractivity contribution in [2.24, 2.45) is 0 Å². The molecule has 0 fully saturated rings. The van der Waals surface area contributed by atoms with Crippen LogP contribution in [0.4, 0.5) is 0 Å². The molecule has 10 heteroatoms. The van der Waals surface area contributed by atoms with E-state index in [1.165, 1.54) is 0 Å². The highest BCUT2D eigenvalue weighted by atomic mass is 16.5. The zero-order valence-corrected chi connectivity index (χ0v) is 25.4. The first-order chi connectivity index (χ1) is 21.4. The van der Waals surface area contributed by atoms with E-state index >= 15 is 0 Å². The topological polar surface area (TPSA) is 119 Å². The Bertz CT molecular complexity index is 1790. The molecule has 4 heterocycles. The number of imidazole rings is 2. The third kappa shape index (κ3) is 5.50. The van der Waals surface area contributed by atoms with Crippen LogP contribution in [0, 0.1) is 13.8 Å². The Morgan fingerprint density at radius 2 is 0.977 bits per heavy atom. The molecule has 4 aromatic heterocycles. The molecule has 6 aromatic rings. The standard InChI is InChI=1S/C34H36N6O4/c1-5-7-17-43-25-13-9-23(10-14-25)27-19-39-31(35-21(3)33(39)41)29(37-27)30-32-36-22(4)34(42)40(32)20-28(38-30)24-11-15-26(16-12-24)44-18-8-6-2/h9-16,19-20,41-42H,5-8,17-18H2,1-4H3. The van der Waals surface area contributed by atoms with Gasteiger partial charge >= 0.3 is 0 Å². The monoisotopic (exact) mass is 592 g/mol. The lowest BCUT2D eigenvalue weighted by Gasteiger charge is -2.12. The molecule has 0 aliphatic rings. The van der Waals surface area contributed by atoms with Crippen molar-refractivity contribution in [1.29, 1.82) is 0 Å². The number of benzene rings is 2. The van der Waals surface area contributed by atoms with E-state index in [1.807, 2.05) is 48.5 Å². The van der Waals surface area contributed by atoms with Gasteiger partial charge in [-0.25, -0.2) is 19.9 Å². The van der Waals surface area contributed by atoms with Gasteiger partial charge in [0.15, 0.2) is 11.3 Å². The highest BCUT2D eigenvalue weighted by Crippen LogP contribution is 2.35. The van der Waals surface area contributed by atoms with Crippen LogP contribution >= 0.6 is 0 Å². The second-order valence-corrected chi connectivity index (χ2v) is 10.8. The highest BCUT2D eigenvalue weighted by molar-refractivity contribution is 5.85. The predicted octanol–water partition coefficient (Wildman–Crippen LogP) is 7.16. The van der Waals surface area contributed by atoms with Crippen LogP contribution in [0.3, 0.4) is 0 Å². The summed E-state index contributed by atoms with van der Waals surface area (Å²) in [5, 5.41) is 21.9. The number of aryl methyl sites for hydroxylation is 2. The van der Waals surface area contributed by atoms with E-state index in [2.05, 4.69) is 23.8 Å². The van der Waals surface area contributed by atoms with Crippen molar-refractivity contribution in [1.82, 2.24) is 28.7 Å². The lowest BCUT2D eigenvalue weighted by molar-refractivity contribution is 0.309. The summed E-state index contributed by atoms with van der Waals surface area (Å²) in [4.78, 5) is 19.3. The average Bonchev–Trinajstić information content (AvgIpc) is 3.50. The molecule has 0 aliphatic heterocycles. The Morgan fingerprint density at radius 3 is 1.34 bits per heavy atom. The minimum atomic E-state index is 0.0117. The zero-order chi connectivity index (χ0) is 30.8. The quantitative estimate of drug-likeness (QED) is 0.152. The first-order valence-corrected chi connectivity index (χ1v) is 15.0. The minimum absolute atomic E-state index is 0.0117. The van der Waals surface area contributed by atoms with Crippen molar-refractivity contribution in [2.45, 2.75) is 53.4 Å². The molecule has 0 spiro atoms. The number of aromatic nitrogens is 6. The van der Waals surface area contributed by atoms with E-state index in [4.69, 9.17) is 19.4 Å². The van der Waals surface area contributed by atoms with Gasteiger partial charge < -0.3 is 19.7 Å². The maximum Gasteiger partial charge on any atom is 0.219 e. The maximum atomic E-state index is 11.0. The summed E-state index contributed by atoms with van der Waals surface area (Å²) >= 11 is 0. The van der Waals surface area contributed by atoms with Crippen molar-refractivity contribution in [3.05, 3.63) is 72.3 Å². The molecule has 0 radical (unpaired) electrons. The minimum Gasteiger partial charge on any atom is -0.494 e. The van der Waals surface area contributed by atoms with E-state index in [-0.39, 0.29) is 11.8 Å². The van der Waals surface area contributed by atoms with Gasteiger partial charge in [0, 0.05) is 23.5 Å². The lowest BCUT2D eigenvalue weighted by atomic mass is 10.1. The van der Waals surface area contributed by atoms with E-state index in [9.17, 15) is 10.2 Å². The molecule has 0 saturated carbocycles. The van der Waals surface area contributed by atoms with Gasteiger partial charge in [0.25, 0.3) is 0 Å². The van der Waals surface area contributed by atoms with Crippen LogP contribution in [0.5, 0.6) is 23.3 Å². The third-order valence-corrected chi connectivity index (χ3v) is 7.56. The number of rotatable bonds is 11. The van der Waals surface area contributed by atoms with E-state index in [0.29, 0.717) is 58.7 Å². The van der Waals surface area contributed by atoms with Crippen molar-refractivity contribution in [3.63, 3.8) is 0 Å². The zero-order valence-electron chi connectivity index (χ0n) is 25.4. The predicted molar refractivity (Wildman–Crippen MR) is 169 cm³/mol. The summed E-state index contributed by atoms with van der Waals surface area (Å²) in [5.41, 5.74) is 5.47. The molecule has 10 nitrogen and oxygen atoms in total. The van der Waals surface area contributed by atoms with Crippen LogP contribution in [0.1, 0.15) is 50.9 Å². The first-order valence-electron chi connectivity index (χ1n) is 15.0. The van der Waals surface area contributed by atoms with Crippen molar-refractivity contribution < 1.29 is 19.7 Å². The van der Waals surface area contributed by atoms with E-state index in [0.717, 1.165) is 48.3 Å².